The summed E-state index contributed by atoms with van der Waals surface area (Å²) in [5.41, 5.74) is 0.935. The summed E-state index contributed by atoms with van der Waals surface area (Å²) in [7, 11) is 0. The molecule has 0 aliphatic heterocycles. The summed E-state index contributed by atoms with van der Waals surface area (Å²) in [5.74, 6) is -3.19. The molecule has 1 fully saturated rings. The minimum atomic E-state index is -1.24. The van der Waals surface area contributed by atoms with E-state index in [9.17, 15) is 18.7 Å². The number of halogens is 5. The summed E-state index contributed by atoms with van der Waals surface area (Å²) in [5, 5.41) is 13.0. The van der Waals surface area contributed by atoms with Crippen LogP contribution in [-0.2, 0) is 4.84 Å². The van der Waals surface area contributed by atoms with E-state index in [1.54, 1.807) is 18.2 Å². The Hall–Kier alpha value is -1.01. The standard InChI is InChI=1S/C18H15BrClF2IN2O3/c19-11-7-10(17(26)25-28-8-18(27)4-1-5-18)16(15(22)14(11)21)24-13-3-2-9(23)6-12(13)20/h2-3,6-7,24,27H,1,4-5,8H2,(H,25,26). The molecule has 5 nitrogen and oxygen atoms in total. The fourth-order valence-corrected chi connectivity index (χ4v) is 3.95. The van der Waals surface area contributed by atoms with Gasteiger partial charge in [-0.2, -0.15) is 0 Å². The van der Waals surface area contributed by atoms with Gasteiger partial charge in [-0.1, -0.05) is 11.6 Å². The van der Waals surface area contributed by atoms with Crippen LogP contribution in [0.2, 0.25) is 5.02 Å². The second-order valence-corrected chi connectivity index (χ2v) is 8.96. The fourth-order valence-electron chi connectivity index (χ4n) is 2.64. The van der Waals surface area contributed by atoms with Crippen LogP contribution in [0.3, 0.4) is 0 Å². The molecule has 0 heterocycles. The Morgan fingerprint density at radius 2 is 2.04 bits per heavy atom. The van der Waals surface area contributed by atoms with E-state index in [0.29, 0.717) is 18.5 Å². The molecule has 0 unspecified atom stereocenters. The van der Waals surface area contributed by atoms with Gasteiger partial charge in [0.2, 0.25) is 0 Å². The van der Waals surface area contributed by atoms with Gasteiger partial charge < -0.3 is 10.4 Å². The van der Waals surface area contributed by atoms with Gasteiger partial charge in [-0.25, -0.2) is 14.3 Å². The first-order valence-corrected chi connectivity index (χ1v) is 10.5. The summed E-state index contributed by atoms with van der Waals surface area (Å²) in [6, 6.07) is 6.09. The topological polar surface area (TPSA) is 70.6 Å². The molecule has 0 aromatic heterocycles. The maximum absolute atomic E-state index is 14.6. The number of amides is 1. The normalized spacial score (nSPS) is 15.1. The van der Waals surface area contributed by atoms with Crippen molar-refractivity contribution in [2.45, 2.75) is 24.9 Å². The Kier molecular flexibility index (Phi) is 6.80. The van der Waals surface area contributed by atoms with Crippen LogP contribution in [0.15, 0.2) is 28.7 Å². The van der Waals surface area contributed by atoms with E-state index in [1.165, 1.54) is 0 Å². The van der Waals surface area contributed by atoms with Gasteiger partial charge in [-0.05, 0) is 82.0 Å². The zero-order valence-corrected chi connectivity index (χ0v) is 18.8. The SMILES string of the molecule is O=C(NOCC1(O)CCC1)c1cc(Br)c(F)c(F)c1Nc1ccc(I)cc1Cl. The predicted molar refractivity (Wildman–Crippen MR) is 114 cm³/mol. The van der Waals surface area contributed by atoms with Crippen LogP contribution >= 0.6 is 50.1 Å². The van der Waals surface area contributed by atoms with E-state index in [0.717, 1.165) is 16.1 Å². The van der Waals surface area contributed by atoms with Crippen molar-refractivity contribution in [1.29, 1.82) is 0 Å². The first-order chi connectivity index (χ1) is 13.2. The lowest BCUT2D eigenvalue weighted by Gasteiger charge is -2.35. The number of carbonyl (C=O) groups is 1. The second-order valence-electron chi connectivity index (χ2n) is 6.46. The summed E-state index contributed by atoms with van der Waals surface area (Å²) in [6.07, 6.45) is 2.05. The summed E-state index contributed by atoms with van der Waals surface area (Å²) >= 11 is 11.1. The third-order valence-electron chi connectivity index (χ3n) is 4.39. The molecule has 1 saturated carbocycles. The summed E-state index contributed by atoms with van der Waals surface area (Å²) in [6.45, 7) is -0.0880. The van der Waals surface area contributed by atoms with Crippen molar-refractivity contribution >= 4 is 67.4 Å². The maximum atomic E-state index is 14.6. The van der Waals surface area contributed by atoms with Crippen molar-refractivity contribution < 1.29 is 23.5 Å². The molecule has 150 valence electrons. The van der Waals surface area contributed by atoms with Gasteiger partial charge in [0.25, 0.3) is 5.91 Å². The number of hydroxylamine groups is 1. The van der Waals surface area contributed by atoms with Crippen molar-refractivity contribution in [3.63, 3.8) is 0 Å². The van der Waals surface area contributed by atoms with Gasteiger partial charge in [-0.3, -0.25) is 9.63 Å². The monoisotopic (exact) mass is 586 g/mol. The Morgan fingerprint density at radius 1 is 1.32 bits per heavy atom. The minimum Gasteiger partial charge on any atom is -0.387 e. The van der Waals surface area contributed by atoms with Crippen molar-refractivity contribution in [3.05, 3.63) is 54.5 Å². The highest BCUT2D eigenvalue weighted by Gasteiger charge is 2.35. The van der Waals surface area contributed by atoms with Crippen molar-refractivity contribution in [2.75, 3.05) is 11.9 Å². The second kappa shape index (κ2) is 8.78. The van der Waals surface area contributed by atoms with Gasteiger partial charge >= 0.3 is 0 Å². The van der Waals surface area contributed by atoms with Crippen LogP contribution in [0, 0.1) is 15.2 Å². The number of hydrogen-bond acceptors (Lipinski definition) is 4. The van der Waals surface area contributed by atoms with Crippen molar-refractivity contribution in [3.8, 4) is 0 Å². The van der Waals surface area contributed by atoms with E-state index in [1.807, 2.05) is 0 Å². The number of nitrogens with one attached hydrogen (secondary N) is 2. The van der Waals surface area contributed by atoms with Crippen LogP contribution < -0.4 is 10.8 Å². The molecule has 0 spiro atoms. The first-order valence-electron chi connectivity index (χ1n) is 8.24. The van der Waals surface area contributed by atoms with E-state index in [4.69, 9.17) is 16.4 Å². The Bertz CT molecular complexity index is 928. The highest BCUT2D eigenvalue weighted by Crippen LogP contribution is 2.34. The van der Waals surface area contributed by atoms with Gasteiger partial charge in [0.05, 0.1) is 32.0 Å². The van der Waals surface area contributed by atoms with Gasteiger partial charge in [-0.15, -0.1) is 0 Å². The van der Waals surface area contributed by atoms with E-state index in [-0.39, 0.29) is 27.4 Å². The third-order valence-corrected chi connectivity index (χ3v) is 5.95. The first kappa shape index (κ1) is 21.7. The van der Waals surface area contributed by atoms with Crippen molar-refractivity contribution in [1.82, 2.24) is 5.48 Å². The van der Waals surface area contributed by atoms with Crippen LogP contribution in [0.4, 0.5) is 20.2 Å². The third kappa shape index (κ3) is 4.76. The number of carbonyl (C=O) groups excluding carboxylic acids is 1. The minimum absolute atomic E-state index is 0.0880. The number of anilines is 2. The number of hydrogen-bond donors (Lipinski definition) is 3. The number of benzene rings is 2. The molecule has 2 aromatic carbocycles. The molecule has 0 bridgehead atoms. The Morgan fingerprint density at radius 3 is 2.64 bits per heavy atom. The lowest BCUT2D eigenvalue weighted by Crippen LogP contribution is -2.44. The number of aliphatic hydroxyl groups is 1. The molecule has 2 aromatic rings. The number of rotatable bonds is 6. The summed E-state index contributed by atoms with van der Waals surface area (Å²) in [4.78, 5) is 17.6. The Labute approximate surface area is 187 Å². The zero-order valence-electron chi connectivity index (χ0n) is 14.3. The molecule has 28 heavy (non-hydrogen) atoms. The molecular weight excluding hydrogens is 572 g/mol. The van der Waals surface area contributed by atoms with Gasteiger partial charge in [0.15, 0.2) is 11.6 Å². The molecule has 1 aliphatic rings. The average Bonchev–Trinajstić information content (AvgIpc) is 2.62. The molecule has 10 heteroatoms. The molecule has 1 aliphatic carbocycles. The Balaban J connectivity index is 1.85. The predicted octanol–water partition coefficient (Wildman–Crippen LogP) is 5.31. The van der Waals surface area contributed by atoms with Crippen molar-refractivity contribution in [2.24, 2.45) is 0 Å². The molecular formula is C18H15BrClF2IN2O3. The highest BCUT2D eigenvalue weighted by atomic mass is 127. The average molecular weight is 588 g/mol. The van der Waals surface area contributed by atoms with E-state index < -0.39 is 23.1 Å². The molecule has 3 rings (SSSR count). The van der Waals surface area contributed by atoms with Gasteiger partial charge in [0, 0.05) is 3.57 Å². The fraction of sp³-hybridized carbons (Fsp3) is 0.278. The molecule has 3 N–H and O–H groups in total. The molecule has 1 amide bonds. The quantitative estimate of drug-likeness (QED) is 0.244. The van der Waals surface area contributed by atoms with Crippen LogP contribution in [0.25, 0.3) is 0 Å². The lowest BCUT2D eigenvalue weighted by molar-refractivity contribution is -0.113. The lowest BCUT2D eigenvalue weighted by atomic mass is 9.81. The highest BCUT2D eigenvalue weighted by molar-refractivity contribution is 14.1. The molecule has 0 radical (unpaired) electrons. The van der Waals surface area contributed by atoms with Crippen LogP contribution in [-0.4, -0.2) is 23.2 Å². The van der Waals surface area contributed by atoms with E-state index >= 15 is 0 Å². The summed E-state index contributed by atoms with van der Waals surface area (Å²) < 4.78 is 29.3. The smallest absolute Gasteiger partial charge is 0.277 e. The largest absolute Gasteiger partial charge is 0.387 e. The van der Waals surface area contributed by atoms with Gasteiger partial charge in [0.1, 0.15) is 6.61 Å². The van der Waals surface area contributed by atoms with Crippen LogP contribution in [0.1, 0.15) is 29.6 Å². The van der Waals surface area contributed by atoms with Crippen LogP contribution in [0.5, 0.6) is 0 Å². The maximum Gasteiger partial charge on any atom is 0.277 e. The molecule has 0 saturated heterocycles. The van der Waals surface area contributed by atoms with E-state index in [2.05, 4.69) is 49.3 Å². The molecule has 0 atom stereocenters. The zero-order chi connectivity index (χ0) is 20.5.